The van der Waals surface area contributed by atoms with E-state index in [2.05, 4.69) is 9.99 Å². The highest BCUT2D eigenvalue weighted by atomic mass is 32.2. The summed E-state index contributed by atoms with van der Waals surface area (Å²) < 4.78 is 4.79. The van der Waals surface area contributed by atoms with E-state index in [-0.39, 0.29) is 17.5 Å². The highest BCUT2D eigenvalue weighted by Crippen LogP contribution is 2.22. The second-order valence-electron chi connectivity index (χ2n) is 2.86. The van der Waals surface area contributed by atoms with E-state index in [4.69, 9.17) is 10.1 Å². The lowest BCUT2D eigenvalue weighted by atomic mass is 10.2. The zero-order valence-corrected chi connectivity index (χ0v) is 9.78. The predicted molar refractivity (Wildman–Crippen MR) is 58.7 cm³/mol. The number of nitrogens with one attached hydrogen (secondary N) is 1. The van der Waals surface area contributed by atoms with Crippen molar-refractivity contribution in [3.05, 3.63) is 0 Å². The summed E-state index contributed by atoms with van der Waals surface area (Å²) in [7, 11) is 1.30. The Morgan fingerprint density at radius 2 is 2.50 bits per heavy atom. The van der Waals surface area contributed by atoms with Gasteiger partial charge in [-0.3, -0.25) is 10.6 Å². The van der Waals surface area contributed by atoms with E-state index in [0.717, 1.165) is 11.8 Å². The second kappa shape index (κ2) is 5.71. The maximum absolute atomic E-state index is 11.5. The summed E-state index contributed by atoms with van der Waals surface area (Å²) in [4.78, 5) is 16.1. The van der Waals surface area contributed by atoms with E-state index in [9.17, 15) is 10.0 Å². The van der Waals surface area contributed by atoms with E-state index in [1.807, 2.05) is 0 Å². The Morgan fingerprint density at radius 3 is 2.94 bits per heavy atom. The van der Waals surface area contributed by atoms with Gasteiger partial charge in [-0.2, -0.15) is 0 Å². The number of amidine groups is 1. The van der Waals surface area contributed by atoms with Crippen LogP contribution in [0.5, 0.6) is 0 Å². The van der Waals surface area contributed by atoms with Crippen molar-refractivity contribution in [3.8, 4) is 0 Å². The van der Waals surface area contributed by atoms with Gasteiger partial charge in [0.05, 0.1) is 6.61 Å². The van der Waals surface area contributed by atoms with Crippen molar-refractivity contribution in [1.29, 1.82) is 5.41 Å². The standard InChI is InChI=1S/C8H13N3O4S/c1-3-15-7(12)6(10-14-2)5-4-16-8(9)11(5)13/h5,9,13H,3-4H2,1-2H3. The van der Waals surface area contributed by atoms with E-state index in [1.54, 1.807) is 6.92 Å². The number of esters is 1. The molecule has 7 nitrogen and oxygen atoms in total. The molecule has 0 saturated carbocycles. The van der Waals surface area contributed by atoms with Crippen molar-refractivity contribution in [3.63, 3.8) is 0 Å². The number of hydroxylamine groups is 2. The van der Waals surface area contributed by atoms with Gasteiger partial charge in [0.1, 0.15) is 13.2 Å². The molecule has 0 aliphatic carbocycles. The largest absolute Gasteiger partial charge is 0.461 e. The zero-order chi connectivity index (χ0) is 12.1. The van der Waals surface area contributed by atoms with Crippen molar-refractivity contribution < 1.29 is 19.6 Å². The number of rotatable bonds is 4. The third kappa shape index (κ3) is 2.64. The van der Waals surface area contributed by atoms with Crippen molar-refractivity contribution in [2.75, 3.05) is 19.5 Å². The molecule has 1 unspecified atom stereocenters. The molecule has 1 fully saturated rings. The van der Waals surface area contributed by atoms with E-state index < -0.39 is 12.0 Å². The van der Waals surface area contributed by atoms with Gasteiger partial charge in [0, 0.05) is 5.75 Å². The number of oxime groups is 1. The van der Waals surface area contributed by atoms with Crippen LogP contribution >= 0.6 is 11.8 Å². The number of nitrogens with zero attached hydrogens (tertiary/aromatic N) is 2. The maximum Gasteiger partial charge on any atom is 0.358 e. The van der Waals surface area contributed by atoms with Gasteiger partial charge in [-0.15, -0.1) is 0 Å². The molecule has 0 spiro atoms. The van der Waals surface area contributed by atoms with E-state index >= 15 is 0 Å². The van der Waals surface area contributed by atoms with Crippen molar-refractivity contribution in [2.45, 2.75) is 13.0 Å². The third-order valence-corrected chi connectivity index (χ3v) is 2.81. The first-order chi connectivity index (χ1) is 7.61. The summed E-state index contributed by atoms with van der Waals surface area (Å²) in [5.74, 6) is -0.292. The smallest absolute Gasteiger partial charge is 0.358 e. The highest BCUT2D eigenvalue weighted by Gasteiger charge is 2.37. The normalized spacial score (nSPS) is 21.2. The summed E-state index contributed by atoms with van der Waals surface area (Å²) in [5, 5.41) is 21.1. The molecule has 0 aromatic carbocycles. The Morgan fingerprint density at radius 1 is 1.81 bits per heavy atom. The lowest BCUT2D eigenvalue weighted by molar-refractivity contribution is -0.136. The second-order valence-corrected chi connectivity index (χ2v) is 3.86. The summed E-state index contributed by atoms with van der Waals surface area (Å²) in [6, 6.07) is -0.698. The van der Waals surface area contributed by atoms with Gasteiger partial charge < -0.3 is 9.57 Å². The van der Waals surface area contributed by atoms with E-state index in [0.29, 0.717) is 10.8 Å². The van der Waals surface area contributed by atoms with Crippen LogP contribution in [-0.4, -0.2) is 52.6 Å². The summed E-state index contributed by atoms with van der Waals surface area (Å²) in [6.07, 6.45) is 0. The van der Waals surface area contributed by atoms with Crippen LogP contribution in [0.15, 0.2) is 5.16 Å². The Labute approximate surface area is 96.8 Å². The minimum atomic E-state index is -0.698. The molecule has 0 aromatic rings. The number of hydrogen-bond donors (Lipinski definition) is 2. The minimum Gasteiger partial charge on any atom is -0.461 e. The summed E-state index contributed by atoms with van der Waals surface area (Å²) in [6.45, 7) is 1.88. The number of ether oxygens (including phenoxy) is 1. The monoisotopic (exact) mass is 247 g/mol. The van der Waals surface area contributed by atoms with Crippen LogP contribution < -0.4 is 0 Å². The molecule has 16 heavy (non-hydrogen) atoms. The molecule has 0 amide bonds. The number of thioether (sulfide) groups is 1. The quantitative estimate of drug-likeness (QED) is 0.421. The third-order valence-electron chi connectivity index (χ3n) is 1.87. The van der Waals surface area contributed by atoms with Crippen LogP contribution in [0, 0.1) is 5.41 Å². The molecule has 0 aromatic heterocycles. The Hall–Kier alpha value is -1.28. The Balaban J connectivity index is 2.83. The fourth-order valence-corrected chi connectivity index (χ4v) is 2.04. The molecule has 0 radical (unpaired) electrons. The number of carbonyl (C=O) groups is 1. The van der Waals surface area contributed by atoms with Crippen LogP contribution in [0.1, 0.15) is 6.92 Å². The highest BCUT2D eigenvalue weighted by molar-refractivity contribution is 8.14. The van der Waals surface area contributed by atoms with Gasteiger partial charge in [0.2, 0.25) is 0 Å². The van der Waals surface area contributed by atoms with Crippen molar-refractivity contribution in [1.82, 2.24) is 5.06 Å². The number of carbonyl (C=O) groups excluding carboxylic acids is 1. The summed E-state index contributed by atoms with van der Waals surface area (Å²) in [5.41, 5.74) is -0.0402. The lowest BCUT2D eigenvalue weighted by Gasteiger charge is -2.17. The molecule has 2 N–H and O–H groups in total. The molecular weight excluding hydrogens is 234 g/mol. The van der Waals surface area contributed by atoms with Gasteiger partial charge in [-0.1, -0.05) is 16.9 Å². The number of hydrogen-bond acceptors (Lipinski definition) is 7. The first-order valence-corrected chi connectivity index (χ1v) is 5.58. The SMILES string of the molecule is CCOC(=O)C(=NOC)C1CSC(=N)N1O. The van der Waals surface area contributed by atoms with E-state index in [1.165, 1.54) is 7.11 Å². The minimum absolute atomic E-state index is 0.0295. The molecule has 0 bridgehead atoms. The van der Waals surface area contributed by atoms with Crippen LogP contribution in [0.4, 0.5) is 0 Å². The van der Waals surface area contributed by atoms with Crippen LogP contribution in [-0.2, 0) is 14.4 Å². The van der Waals surface area contributed by atoms with Gasteiger partial charge in [0.25, 0.3) is 0 Å². The average Bonchev–Trinajstić information content (AvgIpc) is 2.57. The van der Waals surface area contributed by atoms with Gasteiger partial charge in [-0.05, 0) is 6.92 Å². The van der Waals surface area contributed by atoms with Crippen LogP contribution in [0.25, 0.3) is 0 Å². The fraction of sp³-hybridized carbons (Fsp3) is 0.625. The predicted octanol–water partition coefficient (Wildman–Crippen LogP) is 0.293. The molecule has 8 heteroatoms. The molecule has 1 rings (SSSR count). The lowest BCUT2D eigenvalue weighted by Crippen LogP contribution is -2.42. The molecule has 1 saturated heterocycles. The molecule has 90 valence electrons. The topological polar surface area (TPSA) is 95.2 Å². The molecule has 1 heterocycles. The van der Waals surface area contributed by atoms with Crippen molar-refractivity contribution in [2.24, 2.45) is 5.16 Å². The first kappa shape index (κ1) is 12.8. The van der Waals surface area contributed by atoms with Gasteiger partial charge >= 0.3 is 5.97 Å². The average molecular weight is 247 g/mol. The zero-order valence-electron chi connectivity index (χ0n) is 8.97. The fourth-order valence-electron chi connectivity index (χ4n) is 1.17. The Kier molecular flexibility index (Phi) is 4.56. The Bertz CT molecular complexity index is 320. The molecule has 1 aliphatic heterocycles. The van der Waals surface area contributed by atoms with Crippen molar-refractivity contribution >= 4 is 28.6 Å². The molecule has 1 atom stereocenters. The molecule has 1 aliphatic rings. The van der Waals surface area contributed by atoms with Crippen LogP contribution in [0.3, 0.4) is 0 Å². The van der Waals surface area contributed by atoms with Crippen LogP contribution in [0.2, 0.25) is 0 Å². The molecular formula is C8H13N3O4S. The first-order valence-electron chi connectivity index (χ1n) is 4.59. The van der Waals surface area contributed by atoms with Gasteiger partial charge in [-0.25, -0.2) is 9.86 Å². The maximum atomic E-state index is 11.5. The van der Waals surface area contributed by atoms with Gasteiger partial charge in [0.15, 0.2) is 10.9 Å². The summed E-state index contributed by atoms with van der Waals surface area (Å²) >= 11 is 1.12.